The second-order valence-electron chi connectivity index (χ2n) is 1.78. The van der Waals surface area contributed by atoms with Crippen molar-refractivity contribution in [2.75, 3.05) is 7.11 Å². The summed E-state index contributed by atoms with van der Waals surface area (Å²) in [5.41, 5.74) is 2.04. The van der Waals surface area contributed by atoms with Crippen LogP contribution in [-0.4, -0.2) is 23.2 Å². The van der Waals surface area contributed by atoms with Gasteiger partial charge in [0.15, 0.2) is 5.82 Å². The minimum Gasteiger partial charge on any atom is -0.328 e. The van der Waals surface area contributed by atoms with Crippen molar-refractivity contribution in [3.63, 3.8) is 0 Å². The van der Waals surface area contributed by atoms with E-state index in [2.05, 4.69) is 19.5 Å². The molecule has 0 saturated heterocycles. The van der Waals surface area contributed by atoms with Gasteiger partial charge in [-0.15, -0.1) is 0 Å². The molecule has 0 aliphatic carbocycles. The third-order valence-electron chi connectivity index (χ3n) is 0.917. The van der Waals surface area contributed by atoms with Gasteiger partial charge in [-0.2, -0.15) is 4.98 Å². The van der Waals surface area contributed by atoms with E-state index in [1.807, 2.05) is 19.3 Å². The van der Waals surface area contributed by atoms with Gasteiger partial charge in [0.25, 0.3) is 0 Å². The van der Waals surface area contributed by atoms with Gasteiger partial charge >= 0.3 is 11.8 Å². The third kappa shape index (κ3) is 3.66. The number of aryl methyl sites for hydroxylation is 1. The number of hydrogen-bond donors (Lipinski definition) is 1. The minimum atomic E-state index is -0.548. The van der Waals surface area contributed by atoms with Crippen LogP contribution in [0.2, 0.25) is 0 Å². The lowest BCUT2D eigenvalue weighted by Crippen LogP contribution is -2.22. The Kier molecular flexibility index (Phi) is 5.45. The van der Waals surface area contributed by atoms with Gasteiger partial charge in [0.05, 0.1) is 7.11 Å². The van der Waals surface area contributed by atoms with E-state index in [0.29, 0.717) is 5.82 Å². The number of carbonyl (C=O) groups is 1. The van der Waals surface area contributed by atoms with E-state index in [9.17, 15) is 4.79 Å². The van der Waals surface area contributed by atoms with E-state index in [4.69, 9.17) is 0 Å². The molecule has 0 spiro atoms. The molecule has 0 atom stereocenters. The SMILES string of the molecule is CC.CONC(=O)c1nc(C)no1. The molecular formula is C7H13N3O3. The Bertz CT molecular complexity index is 259. The number of nitrogens with zero attached hydrogens (tertiary/aromatic N) is 2. The van der Waals surface area contributed by atoms with Gasteiger partial charge in [-0.3, -0.25) is 9.63 Å². The highest BCUT2D eigenvalue weighted by Crippen LogP contribution is 1.94. The molecule has 1 rings (SSSR count). The van der Waals surface area contributed by atoms with Crippen LogP contribution >= 0.6 is 0 Å². The first kappa shape index (κ1) is 11.6. The molecule has 74 valence electrons. The normalized spacial score (nSPS) is 8.62. The van der Waals surface area contributed by atoms with Crippen LogP contribution in [0, 0.1) is 6.92 Å². The number of hydrogen-bond acceptors (Lipinski definition) is 5. The summed E-state index contributed by atoms with van der Waals surface area (Å²) in [7, 11) is 1.32. The maximum absolute atomic E-state index is 10.8. The maximum atomic E-state index is 10.8. The smallest absolute Gasteiger partial charge is 0.328 e. The molecule has 0 aliphatic rings. The number of aromatic nitrogens is 2. The fraction of sp³-hybridized carbons (Fsp3) is 0.571. The second kappa shape index (κ2) is 6.13. The maximum Gasteiger partial charge on any atom is 0.333 e. The average Bonchev–Trinajstić information content (AvgIpc) is 2.56. The van der Waals surface area contributed by atoms with Crippen molar-refractivity contribution in [2.24, 2.45) is 0 Å². The Morgan fingerprint density at radius 1 is 1.54 bits per heavy atom. The van der Waals surface area contributed by atoms with Crippen molar-refractivity contribution in [3.05, 3.63) is 11.7 Å². The quantitative estimate of drug-likeness (QED) is 0.689. The summed E-state index contributed by atoms with van der Waals surface area (Å²) < 4.78 is 4.53. The van der Waals surface area contributed by atoms with Crippen LogP contribution in [0.15, 0.2) is 4.52 Å². The lowest BCUT2D eigenvalue weighted by atomic mass is 10.6. The molecule has 0 aliphatic heterocycles. The van der Waals surface area contributed by atoms with Crippen molar-refractivity contribution in [2.45, 2.75) is 20.8 Å². The van der Waals surface area contributed by atoms with Crippen LogP contribution < -0.4 is 5.48 Å². The molecule has 6 nitrogen and oxygen atoms in total. The Hall–Kier alpha value is -1.43. The Morgan fingerprint density at radius 3 is 2.54 bits per heavy atom. The Morgan fingerprint density at radius 2 is 2.15 bits per heavy atom. The zero-order chi connectivity index (χ0) is 10.3. The van der Waals surface area contributed by atoms with E-state index in [0.717, 1.165) is 0 Å². The molecule has 0 radical (unpaired) electrons. The van der Waals surface area contributed by atoms with Crippen molar-refractivity contribution < 1.29 is 14.2 Å². The summed E-state index contributed by atoms with van der Waals surface area (Å²) in [5, 5.41) is 3.42. The lowest BCUT2D eigenvalue weighted by Gasteiger charge is -1.93. The molecule has 1 amide bonds. The van der Waals surface area contributed by atoms with Crippen LogP contribution in [0.4, 0.5) is 0 Å². The minimum absolute atomic E-state index is 0.107. The van der Waals surface area contributed by atoms with Crippen molar-refractivity contribution >= 4 is 5.91 Å². The number of carbonyl (C=O) groups excluding carboxylic acids is 1. The molecule has 0 unspecified atom stereocenters. The summed E-state index contributed by atoms with van der Waals surface area (Å²) in [6.45, 7) is 5.62. The molecule has 1 N–H and O–H groups in total. The van der Waals surface area contributed by atoms with Crippen molar-refractivity contribution in [3.8, 4) is 0 Å². The zero-order valence-electron chi connectivity index (χ0n) is 8.12. The summed E-state index contributed by atoms with van der Waals surface area (Å²) >= 11 is 0. The van der Waals surface area contributed by atoms with Crippen LogP contribution in [0.1, 0.15) is 30.4 Å². The van der Waals surface area contributed by atoms with E-state index in [1.54, 1.807) is 6.92 Å². The standard InChI is InChI=1S/C5H7N3O3.C2H6/c1-3-6-5(11-7-3)4(9)8-10-2;1-2/h1-2H3,(H,8,9);1-2H3. The number of nitrogens with one attached hydrogen (secondary N) is 1. The predicted molar refractivity (Wildman–Crippen MR) is 44.9 cm³/mol. The highest BCUT2D eigenvalue weighted by atomic mass is 16.6. The molecule has 1 aromatic heterocycles. The summed E-state index contributed by atoms with van der Waals surface area (Å²) in [6, 6.07) is 0. The summed E-state index contributed by atoms with van der Waals surface area (Å²) in [6.07, 6.45) is 0. The molecule has 0 fully saturated rings. The fourth-order valence-corrected chi connectivity index (χ4v) is 0.526. The zero-order valence-corrected chi connectivity index (χ0v) is 8.12. The van der Waals surface area contributed by atoms with E-state index < -0.39 is 5.91 Å². The van der Waals surface area contributed by atoms with Crippen LogP contribution in [0.3, 0.4) is 0 Å². The lowest BCUT2D eigenvalue weighted by molar-refractivity contribution is 0.0494. The predicted octanol–water partition coefficient (Wildman–Crippen LogP) is 0.695. The van der Waals surface area contributed by atoms with Crippen LogP contribution in [0.25, 0.3) is 0 Å². The molecule has 6 heteroatoms. The monoisotopic (exact) mass is 187 g/mol. The van der Waals surface area contributed by atoms with Gasteiger partial charge < -0.3 is 4.52 Å². The van der Waals surface area contributed by atoms with E-state index >= 15 is 0 Å². The highest BCUT2D eigenvalue weighted by molar-refractivity contribution is 5.88. The average molecular weight is 187 g/mol. The Balaban J connectivity index is 0.000000671. The van der Waals surface area contributed by atoms with Crippen LogP contribution in [-0.2, 0) is 4.84 Å². The molecule has 1 aromatic rings. The number of rotatable bonds is 2. The molecule has 1 heterocycles. The Labute approximate surface area is 76.2 Å². The first-order valence-corrected chi connectivity index (χ1v) is 3.87. The molecule has 0 saturated carbocycles. The number of hydroxylamine groups is 1. The first-order valence-electron chi connectivity index (χ1n) is 3.87. The van der Waals surface area contributed by atoms with Gasteiger partial charge in [-0.05, 0) is 6.92 Å². The topological polar surface area (TPSA) is 77.2 Å². The molecule has 0 bridgehead atoms. The molecule has 13 heavy (non-hydrogen) atoms. The van der Waals surface area contributed by atoms with E-state index in [-0.39, 0.29) is 5.89 Å². The number of amides is 1. The summed E-state index contributed by atoms with van der Waals surface area (Å²) in [5.74, 6) is -0.247. The molecule has 0 aromatic carbocycles. The molecular weight excluding hydrogens is 174 g/mol. The summed E-state index contributed by atoms with van der Waals surface area (Å²) in [4.78, 5) is 18.8. The van der Waals surface area contributed by atoms with Gasteiger partial charge in [0.2, 0.25) is 0 Å². The van der Waals surface area contributed by atoms with Gasteiger partial charge in [0, 0.05) is 0 Å². The van der Waals surface area contributed by atoms with Crippen molar-refractivity contribution in [1.82, 2.24) is 15.6 Å². The van der Waals surface area contributed by atoms with Gasteiger partial charge in [0.1, 0.15) is 0 Å². The van der Waals surface area contributed by atoms with Gasteiger partial charge in [-0.25, -0.2) is 5.48 Å². The van der Waals surface area contributed by atoms with E-state index in [1.165, 1.54) is 7.11 Å². The highest BCUT2D eigenvalue weighted by Gasteiger charge is 2.11. The second-order valence-corrected chi connectivity index (χ2v) is 1.78. The first-order chi connectivity index (χ1) is 6.24. The third-order valence-corrected chi connectivity index (χ3v) is 0.917. The largest absolute Gasteiger partial charge is 0.333 e. The van der Waals surface area contributed by atoms with Crippen molar-refractivity contribution in [1.29, 1.82) is 0 Å². The van der Waals surface area contributed by atoms with Gasteiger partial charge in [-0.1, -0.05) is 19.0 Å². The fourth-order valence-electron chi connectivity index (χ4n) is 0.526. The van der Waals surface area contributed by atoms with Crippen LogP contribution in [0.5, 0.6) is 0 Å².